The first-order valence-corrected chi connectivity index (χ1v) is 11.2. The molecular weight excluding hydrogens is 544 g/mol. The van der Waals surface area contributed by atoms with Crippen LogP contribution in [0.2, 0.25) is 0 Å². The number of benzene rings is 1. The predicted octanol–water partition coefficient (Wildman–Crippen LogP) is 4.12. The number of hydrogen-bond acceptors (Lipinski definition) is 3. The fraction of sp³-hybridized carbons (Fsp3) is 0.565. The van der Waals surface area contributed by atoms with Crippen LogP contribution in [0, 0.1) is 5.92 Å². The summed E-state index contributed by atoms with van der Waals surface area (Å²) in [7, 11) is 3.19. The SMILES string of the molecule is CN=C(NCc1cn(C)nc1C(F)(F)F)N1CCC2C(CCCN2Cc2ccccc2)C1.I. The third kappa shape index (κ3) is 6.20. The summed E-state index contributed by atoms with van der Waals surface area (Å²) >= 11 is 0. The van der Waals surface area contributed by atoms with E-state index in [1.54, 1.807) is 7.05 Å². The highest BCUT2D eigenvalue weighted by atomic mass is 127. The molecule has 0 bridgehead atoms. The molecule has 10 heteroatoms. The van der Waals surface area contributed by atoms with Gasteiger partial charge in [0.25, 0.3) is 0 Å². The van der Waals surface area contributed by atoms with Crippen molar-refractivity contribution in [3.05, 3.63) is 53.3 Å². The summed E-state index contributed by atoms with van der Waals surface area (Å²) in [6, 6.07) is 11.1. The Morgan fingerprint density at radius 1 is 1.18 bits per heavy atom. The zero-order chi connectivity index (χ0) is 22.7. The first-order chi connectivity index (χ1) is 15.3. The van der Waals surface area contributed by atoms with Gasteiger partial charge in [0.1, 0.15) is 0 Å². The summed E-state index contributed by atoms with van der Waals surface area (Å²) < 4.78 is 41.0. The Morgan fingerprint density at radius 3 is 2.64 bits per heavy atom. The Balaban J connectivity index is 0.00000306. The summed E-state index contributed by atoms with van der Waals surface area (Å²) in [5, 5.41) is 6.72. The maximum absolute atomic E-state index is 13.3. The van der Waals surface area contributed by atoms with Crippen molar-refractivity contribution >= 4 is 29.9 Å². The van der Waals surface area contributed by atoms with Gasteiger partial charge >= 0.3 is 6.18 Å². The van der Waals surface area contributed by atoms with Gasteiger partial charge in [-0.1, -0.05) is 30.3 Å². The molecule has 2 aromatic rings. The molecule has 2 fully saturated rings. The molecule has 3 heterocycles. The van der Waals surface area contributed by atoms with Gasteiger partial charge in [0.05, 0.1) is 0 Å². The summed E-state index contributed by atoms with van der Waals surface area (Å²) in [6.07, 6.45) is 0.310. The maximum atomic E-state index is 13.3. The summed E-state index contributed by atoms with van der Waals surface area (Å²) in [5.74, 6) is 1.18. The van der Waals surface area contributed by atoms with Gasteiger partial charge < -0.3 is 10.2 Å². The molecule has 1 N–H and O–H groups in total. The van der Waals surface area contributed by atoms with Crippen molar-refractivity contribution < 1.29 is 13.2 Å². The van der Waals surface area contributed by atoms with E-state index in [1.165, 1.54) is 36.3 Å². The van der Waals surface area contributed by atoms with Crippen molar-refractivity contribution in [1.29, 1.82) is 0 Å². The Bertz CT molecular complexity index is 930. The lowest BCUT2D eigenvalue weighted by Gasteiger charge is -2.48. The van der Waals surface area contributed by atoms with Crippen LogP contribution in [0.1, 0.15) is 36.1 Å². The van der Waals surface area contributed by atoms with Crippen LogP contribution in [0.5, 0.6) is 0 Å². The molecule has 2 aliphatic rings. The van der Waals surface area contributed by atoms with Crippen LogP contribution in [0.25, 0.3) is 0 Å². The molecule has 0 amide bonds. The topological polar surface area (TPSA) is 48.7 Å². The van der Waals surface area contributed by atoms with Gasteiger partial charge in [0, 0.05) is 58.1 Å². The van der Waals surface area contributed by atoms with E-state index in [0.29, 0.717) is 17.9 Å². The van der Waals surface area contributed by atoms with Gasteiger partial charge in [-0.05, 0) is 37.3 Å². The average molecular weight is 576 g/mol. The van der Waals surface area contributed by atoms with E-state index in [-0.39, 0.29) is 36.1 Å². The minimum atomic E-state index is -4.47. The van der Waals surface area contributed by atoms with Crippen LogP contribution < -0.4 is 5.32 Å². The second kappa shape index (κ2) is 11.1. The number of fused-ring (bicyclic) bond motifs is 1. The van der Waals surface area contributed by atoms with E-state index >= 15 is 0 Å². The van der Waals surface area contributed by atoms with Crippen molar-refractivity contribution in [2.24, 2.45) is 18.0 Å². The Morgan fingerprint density at radius 2 is 1.94 bits per heavy atom. The summed E-state index contributed by atoms with van der Waals surface area (Å²) in [4.78, 5) is 9.15. The number of hydrogen-bond donors (Lipinski definition) is 1. The smallest absolute Gasteiger partial charge is 0.352 e. The minimum absolute atomic E-state index is 0. The van der Waals surface area contributed by atoms with Crippen LogP contribution in [0.15, 0.2) is 41.5 Å². The van der Waals surface area contributed by atoms with E-state index < -0.39 is 11.9 Å². The maximum Gasteiger partial charge on any atom is 0.435 e. The molecule has 0 radical (unpaired) electrons. The summed E-state index contributed by atoms with van der Waals surface area (Å²) in [5.41, 5.74) is 0.623. The third-order valence-corrected chi connectivity index (χ3v) is 6.53. The second-order valence-electron chi connectivity index (χ2n) is 8.74. The lowest BCUT2D eigenvalue weighted by molar-refractivity contribution is -0.142. The Labute approximate surface area is 210 Å². The van der Waals surface area contributed by atoms with E-state index in [0.717, 1.165) is 32.6 Å². The molecule has 0 saturated carbocycles. The molecule has 0 spiro atoms. The standard InChI is InChI=1S/C23H31F3N6.HI/c1-27-22(28-13-19-15-30(2)29-21(19)23(24,25)26)32-12-10-20-18(16-32)9-6-11-31(20)14-17-7-4-3-5-8-17;/h3-5,7-8,15,18,20H,6,9-14,16H2,1-2H3,(H,27,28);1H. The molecule has 33 heavy (non-hydrogen) atoms. The minimum Gasteiger partial charge on any atom is -0.352 e. The number of piperidine rings is 2. The largest absolute Gasteiger partial charge is 0.435 e. The zero-order valence-corrected chi connectivity index (χ0v) is 21.4. The van der Waals surface area contributed by atoms with Crippen LogP contribution >= 0.6 is 24.0 Å². The number of alkyl halides is 3. The fourth-order valence-corrected chi connectivity index (χ4v) is 5.13. The molecule has 182 valence electrons. The number of guanidine groups is 1. The Hall–Kier alpha value is -1.82. The first-order valence-electron chi connectivity index (χ1n) is 11.2. The molecule has 1 aromatic heterocycles. The highest BCUT2D eigenvalue weighted by Gasteiger charge is 2.38. The van der Waals surface area contributed by atoms with E-state index in [2.05, 4.69) is 49.5 Å². The fourth-order valence-electron chi connectivity index (χ4n) is 5.13. The number of nitrogens with zero attached hydrogens (tertiary/aromatic N) is 5. The Kier molecular flexibility index (Phi) is 8.65. The lowest BCUT2D eigenvalue weighted by atomic mass is 9.83. The molecule has 2 atom stereocenters. The average Bonchev–Trinajstić information content (AvgIpc) is 3.16. The molecule has 1 aromatic carbocycles. The van der Waals surface area contributed by atoms with Crippen molar-refractivity contribution in [2.45, 2.75) is 44.6 Å². The van der Waals surface area contributed by atoms with Gasteiger partial charge in [0.2, 0.25) is 0 Å². The lowest BCUT2D eigenvalue weighted by Crippen LogP contribution is -2.56. The van der Waals surface area contributed by atoms with Gasteiger partial charge in [-0.2, -0.15) is 18.3 Å². The number of rotatable bonds is 4. The van der Waals surface area contributed by atoms with Crippen LogP contribution in [-0.2, 0) is 26.3 Å². The van der Waals surface area contributed by atoms with Crippen molar-refractivity contribution in [1.82, 2.24) is 24.9 Å². The molecule has 6 nitrogen and oxygen atoms in total. The van der Waals surface area contributed by atoms with E-state index in [4.69, 9.17) is 0 Å². The highest BCUT2D eigenvalue weighted by molar-refractivity contribution is 14.0. The van der Waals surface area contributed by atoms with E-state index in [9.17, 15) is 13.2 Å². The van der Waals surface area contributed by atoms with Crippen molar-refractivity contribution in [2.75, 3.05) is 26.7 Å². The van der Waals surface area contributed by atoms with Crippen molar-refractivity contribution in [3.8, 4) is 0 Å². The van der Waals surface area contributed by atoms with E-state index in [1.807, 2.05) is 6.07 Å². The molecule has 2 saturated heterocycles. The third-order valence-electron chi connectivity index (χ3n) is 6.53. The quantitative estimate of drug-likeness (QED) is 0.338. The van der Waals surface area contributed by atoms with Crippen LogP contribution in [0.3, 0.4) is 0 Å². The van der Waals surface area contributed by atoms with Crippen molar-refractivity contribution in [3.63, 3.8) is 0 Å². The number of aliphatic imine (C=N–C) groups is 1. The monoisotopic (exact) mass is 576 g/mol. The molecule has 0 aliphatic carbocycles. The highest BCUT2D eigenvalue weighted by Crippen LogP contribution is 2.32. The normalized spacial score (nSPS) is 22.0. The second-order valence-corrected chi connectivity index (χ2v) is 8.74. The number of nitrogens with one attached hydrogen (secondary N) is 1. The number of aryl methyl sites for hydroxylation is 1. The molecule has 2 aliphatic heterocycles. The van der Waals surface area contributed by atoms with Crippen LogP contribution in [-0.4, -0.2) is 58.3 Å². The number of halogens is 4. The number of likely N-dealkylation sites (tertiary alicyclic amines) is 2. The first kappa shape index (κ1) is 25.8. The number of aromatic nitrogens is 2. The molecule has 4 rings (SSSR count). The van der Waals surface area contributed by atoms with Gasteiger partial charge in [-0.15, -0.1) is 24.0 Å². The zero-order valence-electron chi connectivity index (χ0n) is 19.1. The summed E-state index contributed by atoms with van der Waals surface area (Å²) in [6.45, 7) is 3.83. The van der Waals surface area contributed by atoms with Crippen LogP contribution in [0.4, 0.5) is 13.2 Å². The van der Waals surface area contributed by atoms with Gasteiger partial charge in [-0.3, -0.25) is 14.6 Å². The molecular formula is C23H32F3IN6. The molecule has 2 unspecified atom stereocenters. The predicted molar refractivity (Wildman–Crippen MR) is 133 cm³/mol. The van der Waals surface area contributed by atoms with Gasteiger partial charge in [0.15, 0.2) is 11.7 Å². The van der Waals surface area contributed by atoms with Gasteiger partial charge in [-0.25, -0.2) is 0 Å².